The second-order valence-corrected chi connectivity index (χ2v) is 17.4. The Balaban J connectivity index is 4.46. The lowest BCUT2D eigenvalue weighted by Gasteiger charge is -2.18. The van der Waals surface area contributed by atoms with Crippen LogP contribution in [-0.2, 0) is 28.6 Å². The molecule has 0 saturated heterocycles. The number of rotatable bonds is 47. The third kappa shape index (κ3) is 48.1. The molecule has 0 fully saturated rings. The molecule has 0 aliphatic carbocycles. The van der Waals surface area contributed by atoms with Gasteiger partial charge in [0, 0.05) is 19.3 Å². The molecule has 1 atom stereocenters. The van der Waals surface area contributed by atoms with Crippen molar-refractivity contribution in [2.45, 2.75) is 264 Å². The van der Waals surface area contributed by atoms with Crippen molar-refractivity contribution in [1.29, 1.82) is 0 Å². The summed E-state index contributed by atoms with van der Waals surface area (Å²) in [5, 5.41) is 0. The van der Waals surface area contributed by atoms with Crippen LogP contribution in [-0.4, -0.2) is 37.2 Å². The lowest BCUT2D eigenvalue weighted by molar-refractivity contribution is -0.167. The molecule has 0 aromatic carbocycles. The third-order valence-electron chi connectivity index (χ3n) is 11.2. The zero-order valence-electron chi connectivity index (χ0n) is 40.9. The summed E-state index contributed by atoms with van der Waals surface area (Å²) in [7, 11) is 0. The molecular formula is C56H98O6. The summed E-state index contributed by atoms with van der Waals surface area (Å²) < 4.78 is 16.7. The van der Waals surface area contributed by atoms with Crippen molar-refractivity contribution in [1.82, 2.24) is 0 Å². The van der Waals surface area contributed by atoms with E-state index in [0.717, 1.165) is 77.0 Å². The number of carbonyl (C=O) groups excluding carboxylic acids is 3. The highest BCUT2D eigenvalue weighted by Crippen LogP contribution is 2.15. The average Bonchev–Trinajstić information content (AvgIpc) is 3.27. The summed E-state index contributed by atoms with van der Waals surface area (Å²) in [6, 6.07) is 0. The molecule has 0 amide bonds. The van der Waals surface area contributed by atoms with E-state index in [9.17, 15) is 14.4 Å². The fourth-order valence-electron chi connectivity index (χ4n) is 7.25. The van der Waals surface area contributed by atoms with E-state index in [4.69, 9.17) is 14.2 Å². The van der Waals surface area contributed by atoms with Crippen molar-refractivity contribution in [2.24, 2.45) is 0 Å². The predicted octanol–water partition coefficient (Wildman–Crippen LogP) is 17.3. The Labute approximate surface area is 383 Å². The highest BCUT2D eigenvalue weighted by Gasteiger charge is 2.19. The molecule has 0 aromatic heterocycles. The van der Waals surface area contributed by atoms with Crippen LogP contribution in [0.3, 0.4) is 0 Å². The van der Waals surface area contributed by atoms with Gasteiger partial charge >= 0.3 is 17.9 Å². The van der Waals surface area contributed by atoms with Crippen LogP contribution in [0.25, 0.3) is 0 Å². The topological polar surface area (TPSA) is 78.9 Å². The summed E-state index contributed by atoms with van der Waals surface area (Å²) in [6.45, 7) is 6.55. The molecule has 6 heteroatoms. The highest BCUT2D eigenvalue weighted by atomic mass is 16.6. The first-order valence-corrected chi connectivity index (χ1v) is 26.3. The van der Waals surface area contributed by atoms with Gasteiger partial charge < -0.3 is 14.2 Å². The molecule has 0 unspecified atom stereocenters. The molecule has 6 nitrogen and oxygen atoms in total. The molecule has 0 aliphatic heterocycles. The van der Waals surface area contributed by atoms with Gasteiger partial charge in [0.1, 0.15) is 13.2 Å². The minimum absolute atomic E-state index is 0.0925. The monoisotopic (exact) mass is 867 g/mol. The summed E-state index contributed by atoms with van der Waals surface area (Å²) >= 11 is 0. The zero-order chi connectivity index (χ0) is 45.1. The summed E-state index contributed by atoms with van der Waals surface area (Å²) in [4.78, 5) is 38.0. The van der Waals surface area contributed by atoms with Crippen molar-refractivity contribution in [2.75, 3.05) is 13.2 Å². The molecule has 0 N–H and O–H groups in total. The van der Waals surface area contributed by atoms with E-state index in [1.54, 1.807) is 0 Å². The van der Waals surface area contributed by atoms with Gasteiger partial charge in [-0.15, -0.1) is 0 Å². The van der Waals surface area contributed by atoms with Gasteiger partial charge in [0.25, 0.3) is 0 Å². The number of ether oxygens (including phenoxy) is 3. The van der Waals surface area contributed by atoms with E-state index < -0.39 is 6.10 Å². The lowest BCUT2D eigenvalue weighted by atomic mass is 10.0. The van der Waals surface area contributed by atoms with Crippen molar-refractivity contribution in [3.8, 4) is 0 Å². The molecule has 0 rings (SSSR count). The van der Waals surface area contributed by atoms with Crippen LogP contribution in [0.2, 0.25) is 0 Å². The Morgan fingerprint density at radius 1 is 0.323 bits per heavy atom. The maximum absolute atomic E-state index is 12.8. The van der Waals surface area contributed by atoms with E-state index in [1.165, 1.54) is 135 Å². The maximum atomic E-state index is 12.8. The smallest absolute Gasteiger partial charge is 0.306 e. The van der Waals surface area contributed by atoms with Crippen LogP contribution in [0, 0.1) is 0 Å². The Morgan fingerprint density at radius 2 is 0.597 bits per heavy atom. The van der Waals surface area contributed by atoms with Gasteiger partial charge in [0.05, 0.1) is 0 Å². The first kappa shape index (κ1) is 59.1. The van der Waals surface area contributed by atoms with Gasteiger partial charge in [-0.3, -0.25) is 14.4 Å². The largest absolute Gasteiger partial charge is 0.462 e. The van der Waals surface area contributed by atoms with E-state index in [2.05, 4.69) is 81.5 Å². The van der Waals surface area contributed by atoms with Crippen molar-refractivity contribution in [3.63, 3.8) is 0 Å². The third-order valence-corrected chi connectivity index (χ3v) is 11.2. The minimum Gasteiger partial charge on any atom is -0.462 e. The van der Waals surface area contributed by atoms with E-state index in [-0.39, 0.29) is 37.5 Å². The number of hydrogen-bond acceptors (Lipinski definition) is 6. The molecular weight excluding hydrogens is 769 g/mol. The molecule has 0 saturated carbocycles. The zero-order valence-corrected chi connectivity index (χ0v) is 40.9. The first-order chi connectivity index (χ1) is 30.5. The summed E-state index contributed by atoms with van der Waals surface area (Å²) in [5.41, 5.74) is 0. The molecule has 0 bridgehead atoms. The van der Waals surface area contributed by atoms with Gasteiger partial charge in [-0.25, -0.2) is 0 Å². The molecule has 358 valence electrons. The number of carbonyl (C=O) groups is 3. The second kappa shape index (κ2) is 50.8. The highest BCUT2D eigenvalue weighted by molar-refractivity contribution is 5.71. The van der Waals surface area contributed by atoms with Gasteiger partial charge in [-0.2, -0.15) is 0 Å². The molecule has 0 radical (unpaired) electrons. The lowest BCUT2D eigenvalue weighted by Crippen LogP contribution is -2.30. The first-order valence-electron chi connectivity index (χ1n) is 26.3. The average molecular weight is 867 g/mol. The summed E-state index contributed by atoms with van der Waals surface area (Å²) in [5.74, 6) is -0.954. The maximum Gasteiger partial charge on any atom is 0.306 e. The quantitative estimate of drug-likeness (QED) is 0.0262. The standard InChI is InChI=1S/C56H98O6/c1-4-7-10-13-16-19-22-25-27-28-29-32-34-37-40-43-46-49-55(58)61-52-53(51-60-54(57)48-45-42-39-36-33-30-24-21-18-15-12-9-6-3)62-56(59)50-47-44-41-38-35-31-26-23-20-17-14-11-8-5-2/h16,19,23,25-27,29,32,37,40,53H,4-15,17-18,20-22,24,28,30-31,33-36,38-39,41-52H2,1-3H3/b19-16-,26-23-,27-25-,32-29-,40-37-/t53-/m1/s1. The number of hydrogen-bond donors (Lipinski definition) is 0. The van der Waals surface area contributed by atoms with Gasteiger partial charge in [-0.1, -0.05) is 216 Å². The Morgan fingerprint density at radius 3 is 1.02 bits per heavy atom. The van der Waals surface area contributed by atoms with Crippen LogP contribution in [0.4, 0.5) is 0 Å². The minimum atomic E-state index is -0.797. The van der Waals surface area contributed by atoms with Crippen molar-refractivity contribution < 1.29 is 28.6 Å². The Kier molecular flexibility index (Phi) is 48.4. The Hall–Kier alpha value is -2.89. The second-order valence-electron chi connectivity index (χ2n) is 17.4. The van der Waals surface area contributed by atoms with Gasteiger partial charge in [0.15, 0.2) is 6.10 Å². The normalized spacial score (nSPS) is 12.5. The van der Waals surface area contributed by atoms with Crippen LogP contribution < -0.4 is 0 Å². The SMILES string of the molecule is CCCCC/C=C\C/C=C\C/C=C\C/C=C\CCCC(=O)OC[C@@H](COC(=O)CCCCCCCCCCCCCCC)OC(=O)CCCCCCC/C=C\CCCCCCC. The molecule has 0 spiro atoms. The number of unbranched alkanes of at least 4 members (excludes halogenated alkanes) is 26. The van der Waals surface area contributed by atoms with Crippen LogP contribution >= 0.6 is 0 Å². The Bertz CT molecular complexity index is 1130. The van der Waals surface area contributed by atoms with Crippen molar-refractivity contribution >= 4 is 17.9 Å². The fraction of sp³-hybridized carbons (Fsp3) is 0.768. The molecule has 62 heavy (non-hydrogen) atoms. The molecule has 0 heterocycles. The molecule has 0 aliphatic rings. The van der Waals surface area contributed by atoms with Crippen LogP contribution in [0.15, 0.2) is 60.8 Å². The van der Waals surface area contributed by atoms with E-state index in [1.807, 2.05) is 0 Å². The van der Waals surface area contributed by atoms with Crippen LogP contribution in [0.1, 0.15) is 258 Å². The fourth-order valence-corrected chi connectivity index (χ4v) is 7.25. The van der Waals surface area contributed by atoms with E-state index >= 15 is 0 Å². The molecule has 0 aromatic rings. The van der Waals surface area contributed by atoms with Gasteiger partial charge in [0.2, 0.25) is 0 Å². The van der Waals surface area contributed by atoms with Crippen LogP contribution in [0.5, 0.6) is 0 Å². The van der Waals surface area contributed by atoms with E-state index in [0.29, 0.717) is 19.3 Å². The number of allylic oxidation sites excluding steroid dienone is 10. The van der Waals surface area contributed by atoms with Crippen molar-refractivity contribution in [3.05, 3.63) is 60.8 Å². The van der Waals surface area contributed by atoms with Gasteiger partial charge in [-0.05, 0) is 83.5 Å². The number of esters is 3. The summed E-state index contributed by atoms with van der Waals surface area (Å²) in [6.07, 6.45) is 62.0. The predicted molar refractivity (Wildman–Crippen MR) is 265 cm³/mol.